The molecule has 1 atom stereocenters. The molecule has 0 saturated carbocycles. The number of amides is 1. The van der Waals surface area contributed by atoms with E-state index in [9.17, 15) is 4.79 Å². The van der Waals surface area contributed by atoms with E-state index in [4.69, 9.17) is 5.11 Å². The van der Waals surface area contributed by atoms with Crippen molar-refractivity contribution >= 4 is 21.8 Å². The van der Waals surface area contributed by atoms with Crippen LogP contribution in [0.1, 0.15) is 42.6 Å². The second-order valence-electron chi connectivity index (χ2n) is 4.86. The summed E-state index contributed by atoms with van der Waals surface area (Å²) in [6.45, 7) is 5.98. The van der Waals surface area contributed by atoms with E-state index in [0.29, 0.717) is 12.0 Å². The van der Waals surface area contributed by atoms with Crippen molar-refractivity contribution in [2.45, 2.75) is 39.2 Å². The summed E-state index contributed by atoms with van der Waals surface area (Å²) < 4.78 is 0.896. The van der Waals surface area contributed by atoms with E-state index in [-0.39, 0.29) is 18.1 Å². The van der Waals surface area contributed by atoms with Crippen LogP contribution in [0.2, 0.25) is 0 Å². The van der Waals surface area contributed by atoms with Crippen LogP contribution in [-0.4, -0.2) is 23.2 Å². The molecule has 0 aliphatic heterocycles. The lowest BCUT2D eigenvalue weighted by Crippen LogP contribution is -2.46. The molecule has 0 saturated heterocycles. The van der Waals surface area contributed by atoms with E-state index >= 15 is 0 Å². The molecular formula is C14H20BrNO2. The highest BCUT2D eigenvalue weighted by Gasteiger charge is 2.24. The molecule has 0 fully saturated rings. The first-order valence-corrected chi connectivity index (χ1v) is 6.90. The third-order valence-corrected chi connectivity index (χ3v) is 3.62. The number of carbonyl (C=O) groups excluding carboxylic acids is 1. The van der Waals surface area contributed by atoms with Gasteiger partial charge in [0, 0.05) is 22.2 Å². The van der Waals surface area contributed by atoms with Crippen LogP contribution in [0.3, 0.4) is 0 Å². The SMILES string of the molecule is CCC(C)(CCO)NC(=O)c1cc(C)cc(Br)c1. The molecule has 1 aromatic rings. The molecule has 0 bridgehead atoms. The Bertz CT molecular complexity index is 414. The van der Waals surface area contributed by atoms with Gasteiger partial charge in [0.25, 0.3) is 5.91 Å². The second kappa shape index (κ2) is 6.34. The fraction of sp³-hybridized carbons (Fsp3) is 0.500. The lowest BCUT2D eigenvalue weighted by atomic mass is 9.94. The van der Waals surface area contributed by atoms with Crippen molar-refractivity contribution in [3.05, 3.63) is 33.8 Å². The first kappa shape index (κ1) is 15.2. The predicted molar refractivity (Wildman–Crippen MR) is 76.7 cm³/mol. The molecule has 1 amide bonds. The molecule has 0 spiro atoms. The Hall–Kier alpha value is -0.870. The zero-order valence-corrected chi connectivity index (χ0v) is 12.7. The minimum Gasteiger partial charge on any atom is -0.396 e. The van der Waals surface area contributed by atoms with Crippen LogP contribution >= 0.6 is 15.9 Å². The Labute approximate surface area is 117 Å². The number of nitrogens with one attached hydrogen (secondary N) is 1. The van der Waals surface area contributed by atoms with Crippen LogP contribution in [0.5, 0.6) is 0 Å². The third kappa shape index (κ3) is 4.10. The fourth-order valence-electron chi connectivity index (χ4n) is 1.79. The van der Waals surface area contributed by atoms with E-state index in [1.54, 1.807) is 6.07 Å². The number of benzene rings is 1. The monoisotopic (exact) mass is 313 g/mol. The number of aliphatic hydroxyl groups excluding tert-OH is 1. The van der Waals surface area contributed by atoms with E-state index in [1.807, 2.05) is 32.9 Å². The van der Waals surface area contributed by atoms with Gasteiger partial charge in [0.2, 0.25) is 0 Å². The van der Waals surface area contributed by atoms with Crippen LogP contribution < -0.4 is 5.32 Å². The Balaban J connectivity index is 2.87. The molecule has 0 radical (unpaired) electrons. The van der Waals surface area contributed by atoms with Gasteiger partial charge in [0.05, 0.1) is 0 Å². The minimum atomic E-state index is -0.359. The Morgan fingerprint density at radius 1 is 1.44 bits per heavy atom. The topological polar surface area (TPSA) is 49.3 Å². The molecule has 0 aliphatic carbocycles. The maximum atomic E-state index is 12.2. The van der Waals surface area contributed by atoms with Gasteiger partial charge in [-0.1, -0.05) is 22.9 Å². The average molecular weight is 314 g/mol. The number of hydrogen-bond acceptors (Lipinski definition) is 2. The fourth-order valence-corrected chi connectivity index (χ4v) is 2.40. The van der Waals surface area contributed by atoms with E-state index < -0.39 is 0 Å². The number of carbonyl (C=O) groups is 1. The molecule has 100 valence electrons. The van der Waals surface area contributed by atoms with Gasteiger partial charge in [-0.05, 0) is 50.5 Å². The van der Waals surface area contributed by atoms with Crippen molar-refractivity contribution in [1.29, 1.82) is 0 Å². The van der Waals surface area contributed by atoms with Gasteiger partial charge >= 0.3 is 0 Å². The van der Waals surface area contributed by atoms with Crippen LogP contribution in [-0.2, 0) is 0 Å². The summed E-state index contributed by atoms with van der Waals surface area (Å²) in [5.41, 5.74) is 1.32. The van der Waals surface area contributed by atoms with Gasteiger partial charge in [0.15, 0.2) is 0 Å². The average Bonchev–Trinajstić information content (AvgIpc) is 2.28. The largest absolute Gasteiger partial charge is 0.396 e. The number of halogens is 1. The van der Waals surface area contributed by atoms with Crippen molar-refractivity contribution in [3.63, 3.8) is 0 Å². The highest BCUT2D eigenvalue weighted by atomic mass is 79.9. The first-order chi connectivity index (χ1) is 8.40. The lowest BCUT2D eigenvalue weighted by molar-refractivity contribution is 0.0886. The molecule has 3 nitrogen and oxygen atoms in total. The highest BCUT2D eigenvalue weighted by molar-refractivity contribution is 9.10. The zero-order valence-electron chi connectivity index (χ0n) is 11.1. The summed E-state index contributed by atoms with van der Waals surface area (Å²) in [5, 5.41) is 12.0. The summed E-state index contributed by atoms with van der Waals surface area (Å²) in [4.78, 5) is 12.2. The van der Waals surface area contributed by atoms with Crippen LogP contribution in [0.15, 0.2) is 22.7 Å². The minimum absolute atomic E-state index is 0.0716. The Kier molecular flexibility index (Phi) is 5.35. The van der Waals surface area contributed by atoms with Gasteiger partial charge in [-0.25, -0.2) is 0 Å². The summed E-state index contributed by atoms with van der Waals surface area (Å²) in [6.07, 6.45) is 1.34. The quantitative estimate of drug-likeness (QED) is 0.877. The van der Waals surface area contributed by atoms with Gasteiger partial charge in [-0.3, -0.25) is 4.79 Å². The number of hydrogen-bond donors (Lipinski definition) is 2. The normalized spacial score (nSPS) is 14.1. The third-order valence-electron chi connectivity index (χ3n) is 3.16. The number of aliphatic hydroxyl groups is 1. The van der Waals surface area contributed by atoms with Crippen molar-refractivity contribution in [3.8, 4) is 0 Å². The van der Waals surface area contributed by atoms with E-state index in [2.05, 4.69) is 21.2 Å². The van der Waals surface area contributed by atoms with E-state index in [0.717, 1.165) is 16.5 Å². The molecule has 0 aromatic heterocycles. The van der Waals surface area contributed by atoms with Crippen molar-refractivity contribution in [2.24, 2.45) is 0 Å². The Morgan fingerprint density at radius 3 is 2.61 bits per heavy atom. The molecule has 0 aliphatic rings. The molecule has 18 heavy (non-hydrogen) atoms. The van der Waals surface area contributed by atoms with Crippen molar-refractivity contribution in [2.75, 3.05) is 6.61 Å². The van der Waals surface area contributed by atoms with Crippen molar-refractivity contribution < 1.29 is 9.90 Å². The van der Waals surface area contributed by atoms with Gasteiger partial charge in [0.1, 0.15) is 0 Å². The second-order valence-corrected chi connectivity index (χ2v) is 5.77. The molecular weight excluding hydrogens is 294 g/mol. The standard InChI is InChI=1S/C14H20BrNO2/c1-4-14(3,5-6-17)16-13(18)11-7-10(2)8-12(15)9-11/h7-9,17H,4-6H2,1-3H3,(H,16,18). The summed E-state index contributed by atoms with van der Waals surface area (Å²) >= 11 is 3.39. The smallest absolute Gasteiger partial charge is 0.251 e. The molecule has 4 heteroatoms. The highest BCUT2D eigenvalue weighted by Crippen LogP contribution is 2.18. The van der Waals surface area contributed by atoms with Crippen LogP contribution in [0, 0.1) is 6.92 Å². The summed E-state index contributed by atoms with van der Waals surface area (Å²) in [7, 11) is 0. The van der Waals surface area contributed by atoms with Gasteiger partial charge in [-0.15, -0.1) is 0 Å². The summed E-state index contributed by atoms with van der Waals surface area (Å²) in [6, 6.07) is 5.62. The lowest BCUT2D eigenvalue weighted by Gasteiger charge is -2.29. The zero-order chi connectivity index (χ0) is 13.8. The predicted octanol–water partition coefficient (Wildman–Crippen LogP) is 3.04. The van der Waals surface area contributed by atoms with Crippen LogP contribution in [0.25, 0.3) is 0 Å². The first-order valence-electron chi connectivity index (χ1n) is 6.11. The van der Waals surface area contributed by atoms with E-state index in [1.165, 1.54) is 0 Å². The Morgan fingerprint density at radius 2 is 2.11 bits per heavy atom. The summed E-state index contributed by atoms with van der Waals surface area (Å²) in [5.74, 6) is -0.0998. The maximum Gasteiger partial charge on any atom is 0.251 e. The molecule has 2 N–H and O–H groups in total. The number of aryl methyl sites for hydroxylation is 1. The van der Waals surface area contributed by atoms with Gasteiger partial charge < -0.3 is 10.4 Å². The number of rotatable bonds is 5. The maximum absolute atomic E-state index is 12.2. The molecule has 1 rings (SSSR count). The van der Waals surface area contributed by atoms with Crippen LogP contribution in [0.4, 0.5) is 0 Å². The molecule has 1 unspecified atom stereocenters. The molecule has 1 aromatic carbocycles. The van der Waals surface area contributed by atoms with Gasteiger partial charge in [-0.2, -0.15) is 0 Å². The van der Waals surface area contributed by atoms with Crippen molar-refractivity contribution in [1.82, 2.24) is 5.32 Å². The molecule has 0 heterocycles.